The minimum absolute atomic E-state index is 1.02. The largest absolute Gasteiger partial charge is 0.493 e. The van der Waals surface area contributed by atoms with E-state index in [-0.39, 0.29) is 0 Å². The molecule has 0 spiro atoms. The van der Waals surface area contributed by atoms with E-state index in [2.05, 4.69) is 76.2 Å². The molecular formula is C37H54N2. The molecule has 3 rings (SSSR count). The Labute approximate surface area is 240 Å². The molecule has 0 atom stereocenters. The summed E-state index contributed by atoms with van der Waals surface area (Å²) in [5, 5.41) is 0. The first-order valence-corrected chi connectivity index (χ1v) is 16.3. The first-order chi connectivity index (χ1) is 19.1. The number of nitrogens with zero attached hydrogens (tertiary/aromatic N) is 2. The van der Waals surface area contributed by atoms with Gasteiger partial charge >= 0.3 is 0 Å². The van der Waals surface area contributed by atoms with E-state index in [1.165, 1.54) is 111 Å². The quantitative estimate of drug-likeness (QED) is 0.128. The fraction of sp³-hybridized carbons (Fsp3) is 0.568. The molecule has 0 saturated heterocycles. The first-order valence-electron chi connectivity index (χ1n) is 16.3. The molecule has 0 amide bonds. The lowest BCUT2D eigenvalue weighted by molar-refractivity contribution is -0.345. The molecule has 1 aliphatic heterocycles. The van der Waals surface area contributed by atoms with Crippen LogP contribution in [0, 0.1) is 0 Å². The fourth-order valence-corrected chi connectivity index (χ4v) is 5.91. The fourth-order valence-electron chi connectivity index (χ4n) is 5.91. The summed E-state index contributed by atoms with van der Waals surface area (Å²) < 4.78 is 1.56. The summed E-state index contributed by atoms with van der Waals surface area (Å²) in [4.78, 5) is 0. The number of allylic oxidation sites excluding steroid dienone is 2. The maximum Gasteiger partial charge on any atom is 0.211 e. The average Bonchev–Trinajstić information content (AvgIpc) is 3.23. The molecular weight excluding hydrogens is 472 g/mol. The van der Waals surface area contributed by atoms with Crippen LogP contribution in [0.25, 0.3) is 16.9 Å². The summed E-state index contributed by atoms with van der Waals surface area (Å²) in [5.74, 6) is 0. The maximum atomic E-state index is 11.9. The zero-order valence-corrected chi connectivity index (χ0v) is 25.5. The highest BCUT2D eigenvalue weighted by Gasteiger charge is 2.35. The molecule has 39 heavy (non-hydrogen) atoms. The average molecular weight is 527 g/mol. The second-order valence-electron chi connectivity index (χ2n) is 11.5. The van der Waals surface area contributed by atoms with Crippen LogP contribution in [-0.4, -0.2) is 4.70 Å². The number of hydrogen-bond acceptors (Lipinski definition) is 0. The minimum atomic E-state index is 1.02. The highest BCUT2D eigenvalue weighted by atomic mass is 15.2. The minimum Gasteiger partial charge on any atom is -0.493 e. The van der Waals surface area contributed by atoms with E-state index < -0.39 is 0 Å². The van der Waals surface area contributed by atoms with Gasteiger partial charge < -0.3 is 5.53 Å². The van der Waals surface area contributed by atoms with Crippen LogP contribution in [-0.2, 0) is 12.8 Å². The van der Waals surface area contributed by atoms with Crippen molar-refractivity contribution in [1.82, 2.24) is 0 Å². The van der Waals surface area contributed by atoms with Gasteiger partial charge in [-0.15, -0.1) is 0 Å². The lowest BCUT2D eigenvalue weighted by Gasteiger charge is -2.11. The molecule has 0 unspecified atom stereocenters. The zero-order valence-electron chi connectivity index (χ0n) is 25.5. The Balaban J connectivity index is 2.01. The Hall–Kier alpha value is -2.48. The second kappa shape index (κ2) is 17.3. The third kappa shape index (κ3) is 9.02. The van der Waals surface area contributed by atoms with Gasteiger partial charge in [0.05, 0.1) is 0 Å². The van der Waals surface area contributed by atoms with Crippen molar-refractivity contribution in [2.45, 2.75) is 137 Å². The first kappa shape index (κ1) is 31.1. The van der Waals surface area contributed by atoms with Crippen molar-refractivity contribution in [3.63, 3.8) is 0 Å². The topological polar surface area (TPSA) is 25.3 Å². The van der Waals surface area contributed by atoms with Crippen molar-refractivity contribution in [1.29, 1.82) is 0 Å². The van der Waals surface area contributed by atoms with E-state index in [1.54, 1.807) is 4.70 Å². The van der Waals surface area contributed by atoms with Gasteiger partial charge in [0.15, 0.2) is 0 Å². The van der Waals surface area contributed by atoms with E-state index in [0.717, 1.165) is 42.6 Å². The van der Waals surface area contributed by atoms with Gasteiger partial charge in [0.1, 0.15) is 0 Å². The summed E-state index contributed by atoms with van der Waals surface area (Å²) in [7, 11) is 0. The lowest BCUT2D eigenvalue weighted by atomic mass is 9.91. The monoisotopic (exact) mass is 526 g/mol. The molecule has 0 aliphatic carbocycles. The van der Waals surface area contributed by atoms with Crippen molar-refractivity contribution in [3.8, 4) is 0 Å². The van der Waals surface area contributed by atoms with Gasteiger partial charge in [-0.25, -0.2) is 4.70 Å². The van der Waals surface area contributed by atoms with Crippen LogP contribution in [0.3, 0.4) is 0 Å². The van der Waals surface area contributed by atoms with Gasteiger partial charge in [0.2, 0.25) is 11.4 Å². The molecule has 1 aliphatic rings. The number of rotatable bonds is 19. The number of hydrogen-bond donors (Lipinski definition) is 0. The van der Waals surface area contributed by atoms with Crippen molar-refractivity contribution in [2.75, 3.05) is 0 Å². The Morgan fingerprint density at radius 1 is 0.487 bits per heavy atom. The van der Waals surface area contributed by atoms with Gasteiger partial charge in [0, 0.05) is 22.3 Å². The Kier molecular flexibility index (Phi) is 13.7. The van der Waals surface area contributed by atoms with Crippen LogP contribution in [0.15, 0.2) is 59.7 Å². The summed E-state index contributed by atoms with van der Waals surface area (Å²) in [6.07, 6.45) is 20.4. The number of unbranched alkanes of at least 4 members (excludes halogenated alkanes) is 9. The zero-order chi connectivity index (χ0) is 27.9. The summed E-state index contributed by atoms with van der Waals surface area (Å²) in [6.45, 7) is 9.07. The molecule has 0 saturated carbocycles. The van der Waals surface area contributed by atoms with Crippen LogP contribution in [0.1, 0.15) is 146 Å². The van der Waals surface area contributed by atoms with Crippen LogP contribution >= 0.6 is 0 Å². The molecule has 2 aromatic rings. The summed E-state index contributed by atoms with van der Waals surface area (Å²) >= 11 is 0. The molecule has 2 aromatic carbocycles. The highest BCUT2D eigenvalue weighted by Crippen LogP contribution is 2.44. The Morgan fingerprint density at radius 3 is 1.62 bits per heavy atom. The van der Waals surface area contributed by atoms with Crippen LogP contribution in [0.5, 0.6) is 0 Å². The lowest BCUT2D eigenvalue weighted by Crippen LogP contribution is -2.03. The van der Waals surface area contributed by atoms with Crippen LogP contribution < -0.4 is 0 Å². The third-order valence-electron chi connectivity index (χ3n) is 8.24. The smallest absolute Gasteiger partial charge is 0.211 e. The van der Waals surface area contributed by atoms with Gasteiger partial charge in [-0.3, -0.25) is 0 Å². The van der Waals surface area contributed by atoms with E-state index >= 15 is 0 Å². The van der Waals surface area contributed by atoms with Gasteiger partial charge in [-0.2, -0.15) is 0 Å². The maximum absolute atomic E-state index is 11.9. The molecule has 212 valence electrons. The molecule has 0 N–H and O–H groups in total. The van der Waals surface area contributed by atoms with E-state index in [0.29, 0.717) is 0 Å². The normalized spacial score (nSPS) is 13.7. The summed E-state index contributed by atoms with van der Waals surface area (Å²) in [5.41, 5.74) is 21.8. The van der Waals surface area contributed by atoms with Crippen LogP contribution in [0.2, 0.25) is 0 Å². The predicted octanol–water partition coefficient (Wildman–Crippen LogP) is 11.9. The van der Waals surface area contributed by atoms with Crippen molar-refractivity contribution in [3.05, 3.63) is 87.5 Å². The Morgan fingerprint density at radius 2 is 1.00 bits per heavy atom. The molecule has 0 bridgehead atoms. The molecule has 0 fully saturated rings. The Bertz CT molecular complexity index is 1090. The highest BCUT2D eigenvalue weighted by molar-refractivity contribution is 5.82. The van der Waals surface area contributed by atoms with Crippen molar-refractivity contribution < 1.29 is 4.70 Å². The van der Waals surface area contributed by atoms with Gasteiger partial charge in [-0.1, -0.05) is 110 Å². The van der Waals surface area contributed by atoms with E-state index in [1.807, 2.05) is 0 Å². The molecule has 0 aromatic heterocycles. The van der Waals surface area contributed by atoms with E-state index in [4.69, 9.17) is 0 Å². The summed E-state index contributed by atoms with van der Waals surface area (Å²) in [6, 6.07) is 18.0. The molecule has 0 radical (unpaired) electrons. The number of benzene rings is 2. The third-order valence-corrected chi connectivity index (χ3v) is 8.24. The molecule has 1 heterocycles. The molecule has 2 nitrogen and oxygen atoms in total. The van der Waals surface area contributed by atoms with Crippen molar-refractivity contribution >= 4 is 11.4 Å². The van der Waals surface area contributed by atoms with Gasteiger partial charge in [-0.05, 0) is 86.8 Å². The van der Waals surface area contributed by atoms with Crippen LogP contribution in [0.4, 0.5) is 0 Å². The SMILES string of the molecule is CCCCCCC1=C(c2cccc(CCCCCC)c2)[N+](=[N-])C(c2ccc(CCCC)cc2)=C1CCCCC. The standard InChI is InChI=1S/C37H54N2/c1-5-9-13-16-20-31-21-18-22-33(29-31)37-35(24-17-14-10-6-2)34(23-15-11-7-3)36(39(37)38)32-27-25-30(26-28-32)19-12-8-4/h18,21-22,25-29H,5-17,19-20,23-24H2,1-4H3. The van der Waals surface area contributed by atoms with Crippen molar-refractivity contribution in [2.24, 2.45) is 0 Å². The second-order valence-corrected chi connectivity index (χ2v) is 11.5. The predicted molar refractivity (Wildman–Crippen MR) is 170 cm³/mol. The molecule has 2 heteroatoms. The number of aryl methyl sites for hydroxylation is 2. The van der Waals surface area contributed by atoms with Gasteiger partial charge in [0.25, 0.3) is 0 Å². The van der Waals surface area contributed by atoms with E-state index in [9.17, 15) is 5.53 Å².